The van der Waals surface area contributed by atoms with Gasteiger partial charge in [-0.1, -0.05) is 48.0 Å². The van der Waals surface area contributed by atoms with E-state index in [0.717, 1.165) is 42.5 Å². The van der Waals surface area contributed by atoms with Crippen LogP contribution in [0.3, 0.4) is 0 Å². The lowest BCUT2D eigenvalue weighted by atomic mass is 10.1. The van der Waals surface area contributed by atoms with E-state index >= 15 is 0 Å². The topological polar surface area (TPSA) is 72.1 Å². The van der Waals surface area contributed by atoms with E-state index in [1.54, 1.807) is 12.1 Å². The number of para-hydroxylation sites is 1. The van der Waals surface area contributed by atoms with Crippen LogP contribution in [0, 0.1) is 17.0 Å². The molecule has 33 heavy (non-hydrogen) atoms. The van der Waals surface area contributed by atoms with Crippen LogP contribution in [0.4, 0.5) is 11.4 Å². The maximum absolute atomic E-state index is 10.8. The minimum atomic E-state index is -0.393. The summed E-state index contributed by atoms with van der Waals surface area (Å²) < 4.78 is 2.32. The largest absolute Gasteiger partial charge is 0.384 e. The fourth-order valence-corrected chi connectivity index (χ4v) is 4.13. The van der Waals surface area contributed by atoms with Gasteiger partial charge in [-0.2, -0.15) is 0 Å². The van der Waals surface area contributed by atoms with Crippen LogP contribution in [0.2, 0.25) is 5.02 Å². The van der Waals surface area contributed by atoms with E-state index in [1.807, 2.05) is 18.2 Å². The zero-order valence-electron chi connectivity index (χ0n) is 18.3. The Bertz CT molecular complexity index is 1240. The molecule has 0 saturated heterocycles. The van der Waals surface area contributed by atoms with Crippen molar-refractivity contribution >= 4 is 46.3 Å². The molecular formula is C25H26Cl2N4O2. The number of aromatic nitrogens is 1. The molecule has 172 valence electrons. The maximum atomic E-state index is 10.8. The van der Waals surface area contributed by atoms with Crippen molar-refractivity contribution in [1.29, 1.82) is 0 Å². The molecule has 0 fully saturated rings. The average molecular weight is 485 g/mol. The quantitative estimate of drug-likeness (QED) is 0.169. The van der Waals surface area contributed by atoms with Crippen molar-refractivity contribution < 1.29 is 4.92 Å². The highest BCUT2D eigenvalue weighted by atomic mass is 35.5. The summed E-state index contributed by atoms with van der Waals surface area (Å²) in [5.74, 6) is 0. The van der Waals surface area contributed by atoms with E-state index in [4.69, 9.17) is 11.6 Å². The van der Waals surface area contributed by atoms with E-state index in [9.17, 15) is 10.1 Å². The van der Waals surface area contributed by atoms with Gasteiger partial charge in [-0.3, -0.25) is 10.1 Å². The van der Waals surface area contributed by atoms with Crippen LogP contribution >= 0.6 is 24.0 Å². The normalized spacial score (nSPS) is 10.7. The Morgan fingerprint density at radius 3 is 2.39 bits per heavy atom. The van der Waals surface area contributed by atoms with Crippen LogP contribution in [-0.4, -0.2) is 22.6 Å². The predicted molar refractivity (Wildman–Crippen MR) is 138 cm³/mol. The van der Waals surface area contributed by atoms with Gasteiger partial charge in [0.2, 0.25) is 0 Å². The Balaban J connectivity index is 0.00000306. The molecule has 4 rings (SSSR count). The Hall–Kier alpha value is -3.06. The molecule has 0 amide bonds. The van der Waals surface area contributed by atoms with Crippen molar-refractivity contribution in [2.45, 2.75) is 20.0 Å². The SMILES string of the molecule is Cc1c(CNCCNc2ccc([N+](=O)[O-])cc2)c2ccccc2n1Cc1ccccc1Cl.Cl. The summed E-state index contributed by atoms with van der Waals surface area (Å²) in [6, 6.07) is 22.9. The highest BCUT2D eigenvalue weighted by Gasteiger charge is 2.14. The van der Waals surface area contributed by atoms with Gasteiger partial charge in [-0.05, 0) is 42.3 Å². The molecule has 0 atom stereocenters. The molecule has 6 nitrogen and oxygen atoms in total. The third-order valence-corrected chi connectivity index (χ3v) is 6.03. The second-order valence-electron chi connectivity index (χ2n) is 7.67. The molecule has 4 aromatic rings. The highest BCUT2D eigenvalue weighted by molar-refractivity contribution is 6.31. The summed E-state index contributed by atoms with van der Waals surface area (Å²) in [4.78, 5) is 10.4. The number of hydrogen-bond acceptors (Lipinski definition) is 4. The molecule has 0 saturated carbocycles. The zero-order valence-corrected chi connectivity index (χ0v) is 19.8. The molecule has 3 aromatic carbocycles. The smallest absolute Gasteiger partial charge is 0.269 e. The molecule has 8 heteroatoms. The van der Waals surface area contributed by atoms with Gasteiger partial charge in [-0.15, -0.1) is 12.4 Å². The molecule has 2 N–H and O–H groups in total. The van der Waals surface area contributed by atoms with E-state index in [-0.39, 0.29) is 18.1 Å². The molecular weight excluding hydrogens is 459 g/mol. The average Bonchev–Trinajstić information content (AvgIpc) is 3.06. The standard InChI is InChI=1S/C25H25ClN4O2.ClH/c1-18-23(16-27-14-15-28-20-10-12-21(13-11-20)30(31)32)22-7-3-5-9-25(22)29(18)17-19-6-2-4-8-24(19)26;/h2-13,27-28H,14-17H2,1H3;1H. The van der Waals surface area contributed by atoms with E-state index in [2.05, 4.69) is 52.5 Å². The number of halogens is 2. The Kier molecular flexibility index (Phi) is 8.33. The van der Waals surface area contributed by atoms with Gasteiger partial charge in [0, 0.05) is 65.6 Å². The highest BCUT2D eigenvalue weighted by Crippen LogP contribution is 2.28. The molecule has 1 aromatic heterocycles. The lowest BCUT2D eigenvalue weighted by molar-refractivity contribution is -0.384. The van der Waals surface area contributed by atoms with E-state index in [1.165, 1.54) is 34.3 Å². The number of fused-ring (bicyclic) bond motifs is 1. The number of non-ortho nitro benzene ring substituents is 1. The predicted octanol–water partition coefficient (Wildman–Crippen LogP) is 6.18. The third kappa shape index (κ3) is 5.66. The van der Waals surface area contributed by atoms with Crippen molar-refractivity contribution in [2.24, 2.45) is 0 Å². The molecule has 0 radical (unpaired) electrons. The second-order valence-corrected chi connectivity index (χ2v) is 8.07. The number of nitro groups is 1. The maximum Gasteiger partial charge on any atom is 0.269 e. The van der Waals surface area contributed by atoms with Gasteiger partial charge in [0.15, 0.2) is 0 Å². The molecule has 0 unspecified atom stereocenters. The van der Waals surface area contributed by atoms with Crippen LogP contribution in [0.25, 0.3) is 10.9 Å². The Labute approximate surface area is 204 Å². The molecule has 1 heterocycles. The van der Waals surface area contributed by atoms with Crippen molar-refractivity contribution in [1.82, 2.24) is 9.88 Å². The number of rotatable bonds is 9. The first-order valence-corrected chi connectivity index (χ1v) is 10.9. The first-order chi connectivity index (χ1) is 15.5. The minimum Gasteiger partial charge on any atom is -0.384 e. The van der Waals surface area contributed by atoms with Crippen LogP contribution in [0.15, 0.2) is 72.8 Å². The van der Waals surface area contributed by atoms with Crippen molar-refractivity contribution in [3.63, 3.8) is 0 Å². The van der Waals surface area contributed by atoms with Gasteiger partial charge in [0.1, 0.15) is 0 Å². The van der Waals surface area contributed by atoms with Crippen molar-refractivity contribution in [2.75, 3.05) is 18.4 Å². The summed E-state index contributed by atoms with van der Waals surface area (Å²) in [5.41, 5.74) is 5.77. The molecule has 0 aliphatic heterocycles. The number of nitrogens with one attached hydrogen (secondary N) is 2. The van der Waals surface area contributed by atoms with Gasteiger partial charge < -0.3 is 15.2 Å². The molecule has 0 bridgehead atoms. The monoisotopic (exact) mass is 484 g/mol. The lowest BCUT2D eigenvalue weighted by Gasteiger charge is -2.11. The molecule has 0 spiro atoms. The summed E-state index contributed by atoms with van der Waals surface area (Å²) in [5, 5.41) is 19.6. The molecule has 0 aliphatic rings. The first-order valence-electron chi connectivity index (χ1n) is 10.5. The van der Waals surface area contributed by atoms with Gasteiger partial charge in [-0.25, -0.2) is 0 Å². The third-order valence-electron chi connectivity index (χ3n) is 5.66. The Morgan fingerprint density at radius 2 is 1.67 bits per heavy atom. The van der Waals surface area contributed by atoms with Gasteiger partial charge >= 0.3 is 0 Å². The number of nitrogens with zero attached hydrogens (tertiary/aromatic N) is 2. The van der Waals surface area contributed by atoms with Crippen molar-refractivity contribution in [3.8, 4) is 0 Å². The fourth-order valence-electron chi connectivity index (χ4n) is 3.94. The lowest BCUT2D eigenvalue weighted by Crippen LogP contribution is -2.22. The van der Waals surface area contributed by atoms with Crippen LogP contribution in [0.1, 0.15) is 16.8 Å². The Morgan fingerprint density at radius 1 is 0.970 bits per heavy atom. The van der Waals surface area contributed by atoms with E-state index < -0.39 is 4.92 Å². The molecule has 0 aliphatic carbocycles. The minimum absolute atomic E-state index is 0. The summed E-state index contributed by atoms with van der Waals surface area (Å²) in [7, 11) is 0. The summed E-state index contributed by atoms with van der Waals surface area (Å²) in [6.07, 6.45) is 0. The first kappa shape index (κ1) is 24.6. The van der Waals surface area contributed by atoms with E-state index in [0.29, 0.717) is 0 Å². The number of anilines is 1. The van der Waals surface area contributed by atoms with Crippen LogP contribution in [0.5, 0.6) is 0 Å². The van der Waals surface area contributed by atoms with Gasteiger partial charge in [0.25, 0.3) is 5.69 Å². The van der Waals surface area contributed by atoms with Crippen LogP contribution < -0.4 is 10.6 Å². The van der Waals surface area contributed by atoms with Crippen LogP contribution in [-0.2, 0) is 13.1 Å². The number of hydrogen-bond donors (Lipinski definition) is 2. The summed E-state index contributed by atoms with van der Waals surface area (Å²) >= 11 is 6.41. The van der Waals surface area contributed by atoms with Gasteiger partial charge in [0.05, 0.1) is 4.92 Å². The van der Waals surface area contributed by atoms with Crippen molar-refractivity contribution in [3.05, 3.63) is 105 Å². The number of benzene rings is 3. The zero-order chi connectivity index (χ0) is 22.5. The fraction of sp³-hybridized carbons (Fsp3) is 0.200. The number of nitro benzene ring substituents is 1. The second kappa shape index (κ2) is 11.2. The summed E-state index contributed by atoms with van der Waals surface area (Å²) in [6.45, 7) is 5.12.